The average molecular weight is 311 g/mol. The maximum Gasteiger partial charge on any atom is 0.313 e. The van der Waals surface area contributed by atoms with Crippen LogP contribution in [-0.4, -0.2) is 41.5 Å². The fourth-order valence-electron chi connectivity index (χ4n) is 2.37. The maximum absolute atomic E-state index is 12.1. The minimum atomic E-state index is -0.650. The number of aryl methyl sites for hydroxylation is 1. The molecule has 6 heteroatoms. The van der Waals surface area contributed by atoms with Gasteiger partial charge in [0.25, 0.3) is 0 Å². The first-order valence-corrected chi connectivity index (χ1v) is 7.36. The van der Waals surface area contributed by atoms with Crippen LogP contribution in [0.3, 0.4) is 0 Å². The number of hydrogen-bond acceptors (Lipinski definition) is 3. The zero-order valence-electron chi connectivity index (χ0n) is 11.9. The molecule has 1 heterocycles. The number of aliphatic hydroxyl groups is 1. The van der Waals surface area contributed by atoms with Crippen molar-refractivity contribution in [1.29, 1.82) is 0 Å². The molecular formula is C15H19ClN2O3. The molecule has 2 rings (SSSR count). The highest BCUT2D eigenvalue weighted by atomic mass is 35.5. The highest BCUT2D eigenvalue weighted by Crippen LogP contribution is 2.21. The van der Waals surface area contributed by atoms with Gasteiger partial charge in [-0.1, -0.05) is 17.7 Å². The van der Waals surface area contributed by atoms with Gasteiger partial charge in [-0.15, -0.1) is 0 Å². The number of amides is 2. The third kappa shape index (κ3) is 3.95. The van der Waals surface area contributed by atoms with Gasteiger partial charge in [-0.25, -0.2) is 0 Å². The Kier molecular flexibility index (Phi) is 5.20. The number of piperidine rings is 1. The molecule has 1 saturated heterocycles. The van der Waals surface area contributed by atoms with Crippen LogP contribution in [0.2, 0.25) is 5.02 Å². The van der Waals surface area contributed by atoms with E-state index >= 15 is 0 Å². The van der Waals surface area contributed by atoms with Crippen LogP contribution in [0.4, 0.5) is 5.69 Å². The van der Waals surface area contributed by atoms with Crippen LogP contribution in [0, 0.1) is 12.8 Å². The Balaban J connectivity index is 1.97. The molecule has 2 N–H and O–H groups in total. The van der Waals surface area contributed by atoms with Gasteiger partial charge in [0.05, 0.1) is 0 Å². The van der Waals surface area contributed by atoms with Gasteiger partial charge in [-0.05, 0) is 43.4 Å². The molecule has 1 aliphatic rings. The Hall–Kier alpha value is -1.59. The van der Waals surface area contributed by atoms with Crippen molar-refractivity contribution in [1.82, 2.24) is 4.90 Å². The number of anilines is 1. The van der Waals surface area contributed by atoms with Gasteiger partial charge in [0, 0.05) is 30.4 Å². The molecule has 1 aromatic carbocycles. The molecule has 0 spiro atoms. The van der Waals surface area contributed by atoms with E-state index in [0.29, 0.717) is 23.8 Å². The third-order valence-electron chi connectivity index (χ3n) is 3.80. The second-order valence-electron chi connectivity index (χ2n) is 5.33. The average Bonchev–Trinajstić information content (AvgIpc) is 2.50. The SMILES string of the molecule is Cc1ccc(Cl)cc1NC(=O)C(=O)N1CCC(CO)CC1. The molecule has 0 saturated carbocycles. The minimum Gasteiger partial charge on any atom is -0.396 e. The molecule has 114 valence electrons. The summed E-state index contributed by atoms with van der Waals surface area (Å²) in [7, 11) is 0. The quantitative estimate of drug-likeness (QED) is 0.819. The maximum atomic E-state index is 12.1. The zero-order valence-corrected chi connectivity index (χ0v) is 12.7. The Morgan fingerprint density at radius 2 is 2.05 bits per heavy atom. The molecule has 1 aliphatic heterocycles. The molecule has 21 heavy (non-hydrogen) atoms. The Morgan fingerprint density at radius 3 is 2.67 bits per heavy atom. The van der Waals surface area contributed by atoms with Gasteiger partial charge in [0.1, 0.15) is 0 Å². The number of aliphatic hydroxyl groups excluding tert-OH is 1. The summed E-state index contributed by atoms with van der Waals surface area (Å²) in [5, 5.41) is 12.2. The second-order valence-corrected chi connectivity index (χ2v) is 5.77. The van der Waals surface area contributed by atoms with Crippen LogP contribution in [0.25, 0.3) is 0 Å². The van der Waals surface area contributed by atoms with E-state index in [2.05, 4.69) is 5.32 Å². The normalized spacial score (nSPS) is 15.9. The summed E-state index contributed by atoms with van der Waals surface area (Å²) in [6.45, 7) is 2.98. The lowest BCUT2D eigenvalue weighted by Crippen LogP contribution is -2.44. The summed E-state index contributed by atoms with van der Waals surface area (Å²) in [6.07, 6.45) is 1.46. The molecule has 5 nitrogen and oxygen atoms in total. The van der Waals surface area contributed by atoms with E-state index in [1.54, 1.807) is 18.2 Å². The van der Waals surface area contributed by atoms with Crippen molar-refractivity contribution in [2.45, 2.75) is 19.8 Å². The first kappa shape index (κ1) is 15.8. The first-order valence-electron chi connectivity index (χ1n) is 6.98. The third-order valence-corrected chi connectivity index (χ3v) is 4.04. The molecule has 2 amide bonds. The molecule has 0 aliphatic carbocycles. The first-order chi connectivity index (χ1) is 10.0. The van der Waals surface area contributed by atoms with E-state index < -0.39 is 11.8 Å². The molecule has 0 bridgehead atoms. The molecule has 1 aromatic rings. The van der Waals surface area contributed by atoms with E-state index in [0.717, 1.165) is 18.4 Å². The van der Waals surface area contributed by atoms with E-state index in [1.807, 2.05) is 6.92 Å². The lowest BCUT2D eigenvalue weighted by molar-refractivity contribution is -0.144. The number of nitrogens with one attached hydrogen (secondary N) is 1. The standard InChI is InChI=1S/C15H19ClN2O3/c1-10-2-3-12(16)8-13(10)17-14(20)15(21)18-6-4-11(9-19)5-7-18/h2-3,8,11,19H,4-7,9H2,1H3,(H,17,20). The zero-order chi connectivity index (χ0) is 15.4. The predicted molar refractivity (Wildman–Crippen MR) is 81.2 cm³/mol. The number of likely N-dealkylation sites (tertiary alicyclic amines) is 1. The largest absolute Gasteiger partial charge is 0.396 e. The number of rotatable bonds is 2. The van der Waals surface area contributed by atoms with Crippen molar-refractivity contribution < 1.29 is 14.7 Å². The highest BCUT2D eigenvalue weighted by molar-refractivity contribution is 6.39. The van der Waals surface area contributed by atoms with Gasteiger partial charge < -0.3 is 15.3 Å². The van der Waals surface area contributed by atoms with Crippen molar-refractivity contribution in [2.24, 2.45) is 5.92 Å². The Labute approximate surface area is 128 Å². The van der Waals surface area contributed by atoms with Crippen LogP contribution in [0.1, 0.15) is 18.4 Å². The molecule has 0 unspecified atom stereocenters. The van der Waals surface area contributed by atoms with Gasteiger partial charge >= 0.3 is 11.8 Å². The van der Waals surface area contributed by atoms with Crippen molar-refractivity contribution in [2.75, 3.05) is 25.0 Å². The van der Waals surface area contributed by atoms with Crippen molar-refractivity contribution in [3.8, 4) is 0 Å². The number of halogens is 1. The summed E-state index contributed by atoms with van der Waals surface area (Å²) < 4.78 is 0. The number of nitrogens with zero attached hydrogens (tertiary/aromatic N) is 1. The topological polar surface area (TPSA) is 69.6 Å². The minimum absolute atomic E-state index is 0.135. The number of hydrogen-bond donors (Lipinski definition) is 2. The van der Waals surface area contributed by atoms with E-state index in [1.165, 1.54) is 4.90 Å². The van der Waals surface area contributed by atoms with Gasteiger partial charge in [-0.3, -0.25) is 9.59 Å². The van der Waals surface area contributed by atoms with E-state index in [9.17, 15) is 9.59 Å². The predicted octanol–water partition coefficient (Wildman–Crippen LogP) is 1.82. The Morgan fingerprint density at radius 1 is 1.38 bits per heavy atom. The van der Waals surface area contributed by atoms with Crippen LogP contribution in [-0.2, 0) is 9.59 Å². The van der Waals surface area contributed by atoms with Crippen LogP contribution < -0.4 is 5.32 Å². The fourth-order valence-corrected chi connectivity index (χ4v) is 2.54. The smallest absolute Gasteiger partial charge is 0.313 e. The molecule has 0 radical (unpaired) electrons. The summed E-state index contributed by atoms with van der Waals surface area (Å²) in [5.74, 6) is -0.958. The van der Waals surface area contributed by atoms with Gasteiger partial charge in [0.15, 0.2) is 0 Å². The summed E-state index contributed by atoms with van der Waals surface area (Å²) in [4.78, 5) is 25.7. The number of carbonyl (C=O) groups is 2. The molecule has 1 fully saturated rings. The highest BCUT2D eigenvalue weighted by Gasteiger charge is 2.26. The molecule has 0 aromatic heterocycles. The molecular weight excluding hydrogens is 292 g/mol. The summed E-state index contributed by atoms with van der Waals surface area (Å²) in [5.41, 5.74) is 1.39. The molecule has 0 atom stereocenters. The lowest BCUT2D eigenvalue weighted by atomic mass is 9.98. The van der Waals surface area contributed by atoms with Crippen LogP contribution in [0.15, 0.2) is 18.2 Å². The summed E-state index contributed by atoms with van der Waals surface area (Å²) in [6, 6.07) is 5.14. The van der Waals surface area contributed by atoms with Crippen molar-refractivity contribution in [3.05, 3.63) is 28.8 Å². The van der Waals surface area contributed by atoms with E-state index in [-0.39, 0.29) is 12.5 Å². The van der Waals surface area contributed by atoms with Gasteiger partial charge in [0.2, 0.25) is 0 Å². The fraction of sp³-hybridized carbons (Fsp3) is 0.467. The van der Waals surface area contributed by atoms with Crippen LogP contribution in [0.5, 0.6) is 0 Å². The van der Waals surface area contributed by atoms with Crippen molar-refractivity contribution >= 4 is 29.1 Å². The van der Waals surface area contributed by atoms with Crippen LogP contribution >= 0.6 is 11.6 Å². The van der Waals surface area contributed by atoms with Gasteiger partial charge in [-0.2, -0.15) is 0 Å². The monoisotopic (exact) mass is 310 g/mol. The van der Waals surface area contributed by atoms with Crippen molar-refractivity contribution in [3.63, 3.8) is 0 Å². The Bertz CT molecular complexity index is 540. The number of benzene rings is 1. The summed E-state index contributed by atoms with van der Waals surface area (Å²) >= 11 is 5.89. The second kappa shape index (κ2) is 6.91. The lowest BCUT2D eigenvalue weighted by Gasteiger charge is -2.30. The number of carbonyl (C=O) groups excluding carboxylic acids is 2. The van der Waals surface area contributed by atoms with E-state index in [4.69, 9.17) is 16.7 Å².